The van der Waals surface area contributed by atoms with Crippen molar-refractivity contribution < 1.29 is 9.90 Å². The smallest absolute Gasteiger partial charge is 0.321 e. The van der Waals surface area contributed by atoms with Crippen LogP contribution in [0.1, 0.15) is 26.7 Å². The molecule has 1 unspecified atom stereocenters. The van der Waals surface area contributed by atoms with Gasteiger partial charge in [-0.3, -0.25) is 5.32 Å². The molecule has 18 heavy (non-hydrogen) atoms. The number of aromatic nitrogens is 3. The molecule has 0 saturated carbocycles. The quantitative estimate of drug-likeness (QED) is 0.699. The molecule has 0 aliphatic carbocycles. The van der Waals surface area contributed by atoms with E-state index in [4.69, 9.17) is 0 Å². The molecule has 0 fully saturated rings. The first kappa shape index (κ1) is 14.4. The maximum absolute atomic E-state index is 11.6. The first-order chi connectivity index (χ1) is 8.58. The minimum atomic E-state index is -0.523. The molecule has 7 nitrogen and oxygen atoms in total. The number of carbonyl (C=O) groups excluding carboxylic acids is 1. The molecule has 102 valence electrons. The first-order valence-corrected chi connectivity index (χ1v) is 6.15. The minimum absolute atomic E-state index is 0.208. The molecule has 0 radical (unpaired) electrons. The standard InChI is InChI=1S/C11H21N5O2/c1-4-8(5-2)9(17)6-12-11(18)15-10-13-7-14-16(10)3/h7-9,17H,4-6H2,1-3H3,(H2,12,13,14,15,18). The maximum Gasteiger partial charge on any atom is 0.321 e. The highest BCUT2D eigenvalue weighted by Gasteiger charge is 2.16. The van der Waals surface area contributed by atoms with Gasteiger partial charge >= 0.3 is 6.03 Å². The van der Waals surface area contributed by atoms with Crippen LogP contribution in [0, 0.1) is 5.92 Å². The van der Waals surface area contributed by atoms with Crippen LogP contribution in [0.2, 0.25) is 0 Å². The van der Waals surface area contributed by atoms with Crippen LogP contribution in [0.3, 0.4) is 0 Å². The Balaban J connectivity index is 2.35. The number of hydrogen-bond acceptors (Lipinski definition) is 4. The van der Waals surface area contributed by atoms with Crippen LogP contribution in [0.25, 0.3) is 0 Å². The van der Waals surface area contributed by atoms with E-state index >= 15 is 0 Å². The fraction of sp³-hybridized carbons (Fsp3) is 0.727. The summed E-state index contributed by atoms with van der Waals surface area (Å²) in [6, 6.07) is -0.392. The zero-order valence-electron chi connectivity index (χ0n) is 11.1. The van der Waals surface area contributed by atoms with Gasteiger partial charge in [0.1, 0.15) is 6.33 Å². The first-order valence-electron chi connectivity index (χ1n) is 6.15. The lowest BCUT2D eigenvalue weighted by atomic mass is 9.97. The number of aliphatic hydroxyl groups is 1. The van der Waals surface area contributed by atoms with Gasteiger partial charge in [0.15, 0.2) is 0 Å². The zero-order chi connectivity index (χ0) is 13.5. The van der Waals surface area contributed by atoms with E-state index in [-0.39, 0.29) is 12.5 Å². The summed E-state index contributed by atoms with van der Waals surface area (Å²) in [5.74, 6) is 0.574. The van der Waals surface area contributed by atoms with Crippen molar-refractivity contribution in [3.8, 4) is 0 Å². The Kier molecular flexibility index (Phi) is 5.57. The van der Waals surface area contributed by atoms with Crippen LogP contribution >= 0.6 is 0 Å². The second-order valence-electron chi connectivity index (χ2n) is 4.19. The molecular formula is C11H21N5O2. The van der Waals surface area contributed by atoms with Gasteiger partial charge in [0, 0.05) is 13.6 Å². The van der Waals surface area contributed by atoms with E-state index < -0.39 is 12.1 Å². The largest absolute Gasteiger partial charge is 0.391 e. The molecule has 3 N–H and O–H groups in total. The summed E-state index contributed by atoms with van der Waals surface area (Å²) >= 11 is 0. The van der Waals surface area contributed by atoms with Crippen molar-refractivity contribution in [3.63, 3.8) is 0 Å². The van der Waals surface area contributed by atoms with E-state index in [0.717, 1.165) is 12.8 Å². The molecule has 0 aliphatic rings. The lowest BCUT2D eigenvalue weighted by Gasteiger charge is -2.20. The molecule has 0 aromatic carbocycles. The van der Waals surface area contributed by atoms with Gasteiger partial charge in [-0.05, 0) is 5.92 Å². The summed E-state index contributed by atoms with van der Waals surface area (Å²) in [6.45, 7) is 4.28. The van der Waals surface area contributed by atoms with Gasteiger partial charge in [-0.15, -0.1) is 0 Å². The Morgan fingerprint density at radius 2 is 2.17 bits per heavy atom. The number of nitrogens with zero attached hydrogens (tertiary/aromatic N) is 3. The van der Waals surface area contributed by atoms with Crippen LogP contribution < -0.4 is 10.6 Å². The minimum Gasteiger partial charge on any atom is -0.391 e. The Labute approximate surface area is 107 Å². The number of amides is 2. The van der Waals surface area contributed by atoms with Gasteiger partial charge in [-0.1, -0.05) is 26.7 Å². The van der Waals surface area contributed by atoms with Gasteiger partial charge in [-0.25, -0.2) is 9.48 Å². The monoisotopic (exact) mass is 255 g/mol. The number of nitrogens with one attached hydrogen (secondary N) is 2. The van der Waals surface area contributed by atoms with Gasteiger partial charge in [0.05, 0.1) is 6.10 Å². The van der Waals surface area contributed by atoms with Crippen LogP contribution in [-0.4, -0.2) is 38.6 Å². The summed E-state index contributed by atoms with van der Waals surface area (Å²) in [5.41, 5.74) is 0. The Morgan fingerprint density at radius 3 is 2.67 bits per heavy atom. The van der Waals surface area contributed by atoms with Crippen LogP contribution in [0.5, 0.6) is 0 Å². The number of carbonyl (C=O) groups is 1. The number of rotatable bonds is 6. The van der Waals surface area contributed by atoms with Gasteiger partial charge in [-0.2, -0.15) is 10.1 Å². The zero-order valence-corrected chi connectivity index (χ0v) is 11.1. The number of aryl methyl sites for hydroxylation is 1. The molecule has 2 amide bonds. The lowest BCUT2D eigenvalue weighted by molar-refractivity contribution is 0.104. The van der Waals surface area contributed by atoms with Crippen molar-refractivity contribution in [1.82, 2.24) is 20.1 Å². The average Bonchev–Trinajstić information content (AvgIpc) is 2.74. The molecule has 0 spiro atoms. The normalized spacial score (nSPS) is 12.5. The van der Waals surface area contributed by atoms with E-state index in [2.05, 4.69) is 20.7 Å². The Hall–Kier alpha value is -1.63. The molecule has 0 saturated heterocycles. The second kappa shape index (κ2) is 6.95. The Bertz CT molecular complexity index is 375. The highest BCUT2D eigenvalue weighted by molar-refractivity contribution is 5.87. The number of aliphatic hydroxyl groups excluding tert-OH is 1. The number of hydrogen-bond donors (Lipinski definition) is 3. The van der Waals surface area contributed by atoms with Crippen molar-refractivity contribution in [3.05, 3.63) is 6.33 Å². The predicted octanol–water partition coefficient (Wildman–Crippen LogP) is 0.734. The fourth-order valence-corrected chi connectivity index (χ4v) is 1.75. The summed E-state index contributed by atoms with van der Waals surface area (Å²) in [6.07, 6.45) is 2.62. The second-order valence-corrected chi connectivity index (χ2v) is 4.19. The fourth-order valence-electron chi connectivity index (χ4n) is 1.75. The van der Waals surface area contributed by atoms with E-state index in [1.165, 1.54) is 11.0 Å². The Morgan fingerprint density at radius 1 is 1.50 bits per heavy atom. The highest BCUT2D eigenvalue weighted by Crippen LogP contribution is 2.12. The van der Waals surface area contributed by atoms with Crippen molar-refractivity contribution in [2.75, 3.05) is 11.9 Å². The maximum atomic E-state index is 11.6. The van der Waals surface area contributed by atoms with E-state index in [1.807, 2.05) is 13.8 Å². The van der Waals surface area contributed by atoms with Crippen LogP contribution in [0.4, 0.5) is 10.7 Å². The molecule has 0 bridgehead atoms. The SMILES string of the molecule is CCC(CC)C(O)CNC(=O)Nc1ncnn1C. The number of urea groups is 1. The van der Waals surface area contributed by atoms with Gasteiger partial charge in [0.25, 0.3) is 0 Å². The van der Waals surface area contributed by atoms with Crippen LogP contribution in [-0.2, 0) is 7.05 Å². The molecule has 1 aromatic rings. The van der Waals surface area contributed by atoms with Crippen LogP contribution in [0.15, 0.2) is 6.33 Å². The van der Waals surface area contributed by atoms with Crippen molar-refractivity contribution in [2.24, 2.45) is 13.0 Å². The molecule has 7 heteroatoms. The van der Waals surface area contributed by atoms with Gasteiger partial charge in [0.2, 0.25) is 5.95 Å². The summed E-state index contributed by atoms with van der Waals surface area (Å²) < 4.78 is 1.46. The lowest BCUT2D eigenvalue weighted by Crippen LogP contribution is -2.38. The van der Waals surface area contributed by atoms with Crippen molar-refractivity contribution in [2.45, 2.75) is 32.8 Å². The molecule has 1 aromatic heterocycles. The van der Waals surface area contributed by atoms with E-state index in [9.17, 15) is 9.90 Å². The predicted molar refractivity (Wildman–Crippen MR) is 68.1 cm³/mol. The summed E-state index contributed by atoms with van der Waals surface area (Å²) in [4.78, 5) is 15.4. The molecule has 0 aliphatic heterocycles. The summed E-state index contributed by atoms with van der Waals surface area (Å²) in [5, 5.41) is 18.9. The highest BCUT2D eigenvalue weighted by atomic mass is 16.3. The van der Waals surface area contributed by atoms with Crippen molar-refractivity contribution >= 4 is 12.0 Å². The molecule has 1 heterocycles. The summed E-state index contributed by atoms with van der Waals surface area (Å²) in [7, 11) is 1.68. The molecule has 1 rings (SSSR count). The van der Waals surface area contributed by atoms with E-state index in [0.29, 0.717) is 5.95 Å². The van der Waals surface area contributed by atoms with E-state index in [1.54, 1.807) is 7.05 Å². The molecule has 1 atom stereocenters. The topological polar surface area (TPSA) is 92.1 Å². The number of anilines is 1. The van der Waals surface area contributed by atoms with Crippen molar-refractivity contribution in [1.29, 1.82) is 0 Å². The van der Waals surface area contributed by atoms with Gasteiger partial charge < -0.3 is 10.4 Å². The molecular weight excluding hydrogens is 234 g/mol. The third-order valence-electron chi connectivity index (χ3n) is 3.00. The third-order valence-corrected chi connectivity index (χ3v) is 3.00. The average molecular weight is 255 g/mol. The third kappa shape index (κ3) is 3.99.